The maximum absolute atomic E-state index is 12.2. The Kier molecular flexibility index (Phi) is 3.03. The molecule has 1 amide bonds. The Labute approximate surface area is 106 Å². The highest BCUT2D eigenvalue weighted by molar-refractivity contribution is 5.76. The molecule has 1 aromatic rings. The predicted octanol–water partition coefficient (Wildman–Crippen LogP) is -0.265. The number of nitrogens with one attached hydrogen (secondary N) is 1. The maximum atomic E-state index is 12.2. The van der Waals surface area contributed by atoms with Gasteiger partial charge in [0.25, 0.3) is 0 Å². The van der Waals surface area contributed by atoms with Crippen molar-refractivity contribution in [2.75, 3.05) is 19.6 Å². The van der Waals surface area contributed by atoms with Crippen molar-refractivity contribution < 1.29 is 4.79 Å². The van der Waals surface area contributed by atoms with Gasteiger partial charge in [-0.05, 0) is 18.8 Å². The van der Waals surface area contributed by atoms with Gasteiger partial charge >= 0.3 is 0 Å². The number of carbonyl (C=O) groups excluding carboxylic acids is 1. The fraction of sp³-hybridized carbons (Fsp3) is 0.750. The molecule has 6 nitrogen and oxygen atoms in total. The summed E-state index contributed by atoms with van der Waals surface area (Å²) in [6.45, 7) is 5.82. The third-order valence-corrected chi connectivity index (χ3v) is 4.28. The number of aryl methyl sites for hydroxylation is 1. The van der Waals surface area contributed by atoms with Crippen LogP contribution in [0.5, 0.6) is 0 Å². The Morgan fingerprint density at radius 2 is 2.39 bits per heavy atom. The number of carbonyl (C=O) groups is 1. The number of aromatic nitrogens is 3. The number of hydrogen-bond donors (Lipinski definition) is 1. The van der Waals surface area contributed by atoms with Crippen molar-refractivity contribution in [3.8, 4) is 0 Å². The summed E-state index contributed by atoms with van der Waals surface area (Å²) in [6.07, 6.45) is 3.67. The minimum Gasteiger partial charge on any atom is -0.339 e. The van der Waals surface area contributed by atoms with Crippen molar-refractivity contribution >= 4 is 5.91 Å². The van der Waals surface area contributed by atoms with Gasteiger partial charge in [0, 0.05) is 32.1 Å². The highest BCUT2D eigenvalue weighted by atomic mass is 16.2. The molecule has 2 saturated heterocycles. The highest BCUT2D eigenvalue weighted by Gasteiger charge is 2.43. The summed E-state index contributed by atoms with van der Waals surface area (Å²) >= 11 is 0. The normalized spacial score (nSPS) is 30.7. The summed E-state index contributed by atoms with van der Waals surface area (Å²) < 4.78 is 1.71. The van der Waals surface area contributed by atoms with E-state index in [2.05, 4.69) is 22.3 Å². The molecule has 3 unspecified atom stereocenters. The van der Waals surface area contributed by atoms with Crippen LogP contribution in [0.25, 0.3) is 0 Å². The molecule has 0 bridgehead atoms. The first kappa shape index (κ1) is 11.6. The van der Waals surface area contributed by atoms with Gasteiger partial charge in [0.2, 0.25) is 5.91 Å². The molecule has 0 radical (unpaired) electrons. The zero-order valence-electron chi connectivity index (χ0n) is 10.6. The van der Waals surface area contributed by atoms with Gasteiger partial charge < -0.3 is 10.2 Å². The van der Waals surface area contributed by atoms with E-state index in [4.69, 9.17) is 0 Å². The van der Waals surface area contributed by atoms with Crippen molar-refractivity contribution in [1.29, 1.82) is 0 Å². The smallest absolute Gasteiger partial charge is 0.224 e. The SMILES string of the molecule is CC1C2CNCC2CN1C(=O)CCn1cncn1. The average Bonchev–Trinajstić information content (AvgIpc) is 3.05. The van der Waals surface area contributed by atoms with Crippen LogP contribution in [0.1, 0.15) is 13.3 Å². The molecule has 0 saturated carbocycles. The van der Waals surface area contributed by atoms with E-state index in [-0.39, 0.29) is 5.91 Å². The van der Waals surface area contributed by atoms with Crippen molar-refractivity contribution in [3.63, 3.8) is 0 Å². The van der Waals surface area contributed by atoms with Crippen molar-refractivity contribution in [1.82, 2.24) is 25.0 Å². The van der Waals surface area contributed by atoms with Gasteiger partial charge in [-0.15, -0.1) is 0 Å². The predicted molar refractivity (Wildman–Crippen MR) is 65.7 cm³/mol. The fourth-order valence-electron chi connectivity index (χ4n) is 3.20. The third kappa shape index (κ3) is 2.01. The van der Waals surface area contributed by atoms with E-state index >= 15 is 0 Å². The average molecular weight is 249 g/mol. The van der Waals surface area contributed by atoms with Crippen LogP contribution >= 0.6 is 0 Å². The van der Waals surface area contributed by atoms with E-state index in [0.29, 0.717) is 30.8 Å². The molecule has 0 aliphatic carbocycles. The second-order valence-electron chi connectivity index (χ2n) is 5.28. The van der Waals surface area contributed by atoms with Crippen LogP contribution in [0.2, 0.25) is 0 Å². The molecule has 18 heavy (non-hydrogen) atoms. The van der Waals surface area contributed by atoms with Gasteiger partial charge in [-0.1, -0.05) is 0 Å². The zero-order chi connectivity index (χ0) is 12.5. The lowest BCUT2D eigenvalue weighted by atomic mass is 9.95. The van der Waals surface area contributed by atoms with Crippen LogP contribution in [0, 0.1) is 11.8 Å². The van der Waals surface area contributed by atoms with Crippen molar-refractivity contribution in [2.45, 2.75) is 25.9 Å². The van der Waals surface area contributed by atoms with Gasteiger partial charge in [0.1, 0.15) is 12.7 Å². The molecule has 2 fully saturated rings. The van der Waals surface area contributed by atoms with Crippen molar-refractivity contribution in [2.24, 2.45) is 11.8 Å². The Bertz CT molecular complexity index is 418. The molecule has 1 aromatic heterocycles. The maximum Gasteiger partial charge on any atom is 0.224 e. The second kappa shape index (κ2) is 4.68. The molecule has 1 N–H and O–H groups in total. The molecule has 2 aliphatic rings. The summed E-state index contributed by atoms with van der Waals surface area (Å²) in [6, 6.07) is 0.369. The van der Waals surface area contributed by atoms with Crippen LogP contribution in [0.15, 0.2) is 12.7 Å². The number of hydrogen-bond acceptors (Lipinski definition) is 4. The number of likely N-dealkylation sites (tertiary alicyclic amines) is 1. The van der Waals surface area contributed by atoms with E-state index in [1.54, 1.807) is 11.0 Å². The van der Waals surface area contributed by atoms with Crippen LogP contribution in [-0.4, -0.2) is 51.2 Å². The molecular formula is C12H19N5O. The number of amides is 1. The van der Waals surface area contributed by atoms with E-state index < -0.39 is 0 Å². The second-order valence-corrected chi connectivity index (χ2v) is 5.28. The van der Waals surface area contributed by atoms with Gasteiger partial charge in [-0.3, -0.25) is 9.48 Å². The third-order valence-electron chi connectivity index (χ3n) is 4.28. The molecule has 6 heteroatoms. The fourth-order valence-corrected chi connectivity index (χ4v) is 3.20. The van der Waals surface area contributed by atoms with Crippen LogP contribution < -0.4 is 5.32 Å². The molecule has 3 heterocycles. The topological polar surface area (TPSA) is 63.1 Å². The minimum atomic E-state index is 0.243. The molecule has 3 atom stereocenters. The Hall–Kier alpha value is -1.43. The first-order valence-electron chi connectivity index (χ1n) is 6.58. The molecule has 0 aromatic carbocycles. The first-order valence-corrected chi connectivity index (χ1v) is 6.58. The molecule has 98 valence electrons. The van der Waals surface area contributed by atoms with Gasteiger partial charge in [0.05, 0.1) is 6.54 Å². The lowest BCUT2D eigenvalue weighted by Crippen LogP contribution is -2.38. The van der Waals surface area contributed by atoms with Crippen LogP contribution in [0.4, 0.5) is 0 Å². The molecular weight excluding hydrogens is 230 g/mol. The lowest BCUT2D eigenvalue weighted by molar-refractivity contribution is -0.132. The Morgan fingerprint density at radius 1 is 1.50 bits per heavy atom. The van der Waals surface area contributed by atoms with E-state index in [1.165, 1.54) is 6.33 Å². The van der Waals surface area contributed by atoms with E-state index in [1.807, 2.05) is 4.90 Å². The summed E-state index contributed by atoms with van der Waals surface area (Å²) in [5.74, 6) is 1.53. The van der Waals surface area contributed by atoms with Crippen LogP contribution in [-0.2, 0) is 11.3 Å². The highest BCUT2D eigenvalue weighted by Crippen LogP contribution is 2.32. The standard InChI is InChI=1S/C12H19N5O/c1-9-11-5-13-4-10(11)6-17(9)12(18)2-3-16-8-14-7-15-16/h7-11,13H,2-6H2,1H3. The number of rotatable bonds is 3. The summed E-state index contributed by atoms with van der Waals surface area (Å²) in [5, 5.41) is 7.42. The summed E-state index contributed by atoms with van der Waals surface area (Å²) in [4.78, 5) is 18.2. The van der Waals surface area contributed by atoms with Gasteiger partial charge in [-0.2, -0.15) is 5.10 Å². The van der Waals surface area contributed by atoms with Gasteiger partial charge in [-0.25, -0.2) is 4.98 Å². The summed E-state index contributed by atoms with van der Waals surface area (Å²) in [5.41, 5.74) is 0. The zero-order valence-corrected chi connectivity index (χ0v) is 10.6. The quantitative estimate of drug-likeness (QED) is 0.801. The Balaban J connectivity index is 1.56. The minimum absolute atomic E-state index is 0.243. The molecule has 2 aliphatic heterocycles. The van der Waals surface area contributed by atoms with E-state index in [0.717, 1.165) is 19.6 Å². The lowest BCUT2D eigenvalue weighted by Gasteiger charge is -2.24. The summed E-state index contributed by atoms with van der Waals surface area (Å²) in [7, 11) is 0. The Morgan fingerprint density at radius 3 is 3.11 bits per heavy atom. The molecule has 0 spiro atoms. The largest absolute Gasteiger partial charge is 0.339 e. The monoisotopic (exact) mass is 249 g/mol. The van der Waals surface area contributed by atoms with Crippen LogP contribution in [0.3, 0.4) is 0 Å². The van der Waals surface area contributed by atoms with E-state index in [9.17, 15) is 4.79 Å². The number of fused-ring (bicyclic) bond motifs is 1. The van der Waals surface area contributed by atoms with Crippen molar-refractivity contribution in [3.05, 3.63) is 12.7 Å². The number of nitrogens with zero attached hydrogens (tertiary/aromatic N) is 4. The molecule has 3 rings (SSSR count). The van der Waals surface area contributed by atoms with Gasteiger partial charge in [0.15, 0.2) is 0 Å². The first-order chi connectivity index (χ1) is 8.75.